The van der Waals surface area contributed by atoms with Crippen LogP contribution in [0.25, 0.3) is 0 Å². The normalized spacial score (nSPS) is 13.4. The van der Waals surface area contributed by atoms with Gasteiger partial charge in [0.1, 0.15) is 6.04 Å². The Bertz CT molecular complexity index is 1200. The van der Waals surface area contributed by atoms with Crippen molar-refractivity contribution < 1.29 is 27.5 Å². The van der Waals surface area contributed by atoms with Gasteiger partial charge in [-0.25, -0.2) is 8.42 Å². The summed E-state index contributed by atoms with van der Waals surface area (Å²) >= 11 is 0. The molecule has 3 rings (SSSR count). The number of carbonyl (C=O) groups is 2. The van der Waals surface area contributed by atoms with Crippen molar-refractivity contribution in [1.29, 1.82) is 0 Å². The highest BCUT2D eigenvalue weighted by molar-refractivity contribution is 7.92. The minimum absolute atomic E-state index is 0.0547. The van der Waals surface area contributed by atoms with Crippen LogP contribution < -0.4 is 19.1 Å². The van der Waals surface area contributed by atoms with E-state index in [1.54, 1.807) is 30.0 Å². The number of amides is 2. The van der Waals surface area contributed by atoms with Gasteiger partial charge in [0.05, 0.1) is 11.9 Å². The molecular formula is C26H35N3O6S. The summed E-state index contributed by atoms with van der Waals surface area (Å²) in [7, 11) is -3.60. The summed E-state index contributed by atoms with van der Waals surface area (Å²) < 4.78 is 37.0. The van der Waals surface area contributed by atoms with Gasteiger partial charge in [-0.15, -0.1) is 0 Å². The lowest BCUT2D eigenvalue weighted by Crippen LogP contribution is -2.49. The number of aryl methyl sites for hydroxylation is 1. The molecule has 1 atom stereocenters. The topological polar surface area (TPSA) is 105 Å². The quantitative estimate of drug-likeness (QED) is 0.491. The molecule has 2 amide bonds. The number of nitrogens with zero attached hydrogens (tertiary/aromatic N) is 2. The van der Waals surface area contributed by atoms with Crippen molar-refractivity contribution in [2.24, 2.45) is 0 Å². The first kappa shape index (κ1) is 27.3. The standard InChI is InChI=1S/C26H35N3O6S/c1-18(2)27-26(31)20(4)28(16-21-9-6-8-19(3)14-21)25(30)10-7-13-29(36(5,32)33)22-11-12-23-24(15-22)35-17-34-23/h6,8-9,11-12,14-15,18,20H,7,10,13,16-17H2,1-5H3,(H,27,31)/t20-/m1/s1. The first-order chi connectivity index (χ1) is 17.0. The Labute approximate surface area is 213 Å². The number of nitrogens with one attached hydrogen (secondary N) is 1. The zero-order chi connectivity index (χ0) is 26.5. The van der Waals surface area contributed by atoms with Crippen LogP contribution in [0, 0.1) is 6.92 Å². The van der Waals surface area contributed by atoms with Gasteiger partial charge >= 0.3 is 0 Å². The molecule has 9 nitrogen and oxygen atoms in total. The molecule has 0 aliphatic carbocycles. The van der Waals surface area contributed by atoms with Crippen LogP contribution in [0.4, 0.5) is 5.69 Å². The van der Waals surface area contributed by atoms with E-state index in [9.17, 15) is 18.0 Å². The molecule has 196 valence electrons. The van der Waals surface area contributed by atoms with Crippen molar-refractivity contribution in [1.82, 2.24) is 10.2 Å². The summed E-state index contributed by atoms with van der Waals surface area (Å²) in [4.78, 5) is 27.6. The zero-order valence-corrected chi connectivity index (χ0v) is 22.3. The average molecular weight is 518 g/mol. The summed E-state index contributed by atoms with van der Waals surface area (Å²) in [5.41, 5.74) is 2.42. The van der Waals surface area contributed by atoms with Crippen LogP contribution in [-0.4, -0.2) is 56.8 Å². The van der Waals surface area contributed by atoms with Crippen LogP contribution in [0.5, 0.6) is 11.5 Å². The Morgan fingerprint density at radius 3 is 2.44 bits per heavy atom. The Hall–Kier alpha value is -3.27. The molecule has 0 saturated heterocycles. The number of ether oxygens (including phenoxy) is 2. The Kier molecular flexibility index (Phi) is 8.84. The summed E-state index contributed by atoms with van der Waals surface area (Å²) in [5, 5.41) is 2.87. The highest BCUT2D eigenvalue weighted by Crippen LogP contribution is 2.36. The second-order valence-electron chi connectivity index (χ2n) is 9.33. The lowest BCUT2D eigenvalue weighted by atomic mass is 10.1. The Morgan fingerprint density at radius 2 is 1.78 bits per heavy atom. The van der Waals surface area contributed by atoms with Gasteiger partial charge in [0.2, 0.25) is 28.6 Å². The fourth-order valence-corrected chi connectivity index (χ4v) is 5.00. The van der Waals surface area contributed by atoms with Crippen molar-refractivity contribution in [3.05, 3.63) is 53.6 Å². The molecule has 0 fully saturated rings. The third kappa shape index (κ3) is 7.13. The zero-order valence-electron chi connectivity index (χ0n) is 21.5. The molecule has 36 heavy (non-hydrogen) atoms. The molecule has 1 aliphatic heterocycles. The van der Waals surface area contributed by atoms with Crippen LogP contribution >= 0.6 is 0 Å². The molecule has 2 aromatic rings. The minimum atomic E-state index is -3.60. The maximum absolute atomic E-state index is 13.3. The van der Waals surface area contributed by atoms with E-state index in [-0.39, 0.29) is 50.6 Å². The van der Waals surface area contributed by atoms with Crippen molar-refractivity contribution in [2.75, 3.05) is 23.9 Å². The smallest absolute Gasteiger partial charge is 0.242 e. The van der Waals surface area contributed by atoms with Gasteiger partial charge in [0.25, 0.3) is 0 Å². The fourth-order valence-electron chi connectivity index (χ4n) is 4.04. The number of sulfonamides is 1. The highest BCUT2D eigenvalue weighted by atomic mass is 32.2. The van der Waals surface area contributed by atoms with E-state index in [0.717, 1.165) is 17.4 Å². The molecule has 10 heteroatoms. The van der Waals surface area contributed by atoms with E-state index in [4.69, 9.17) is 9.47 Å². The van der Waals surface area contributed by atoms with E-state index >= 15 is 0 Å². The van der Waals surface area contributed by atoms with Gasteiger partial charge in [-0.05, 0) is 51.8 Å². The first-order valence-corrected chi connectivity index (χ1v) is 13.8. The van der Waals surface area contributed by atoms with E-state index < -0.39 is 16.1 Å². The molecule has 1 N–H and O–H groups in total. The predicted molar refractivity (Wildman–Crippen MR) is 138 cm³/mol. The van der Waals surface area contributed by atoms with Gasteiger partial charge in [-0.2, -0.15) is 0 Å². The summed E-state index contributed by atoms with van der Waals surface area (Å²) in [5.74, 6) is 0.584. The number of hydrogen-bond acceptors (Lipinski definition) is 6. The van der Waals surface area contributed by atoms with Crippen LogP contribution in [0.2, 0.25) is 0 Å². The molecule has 1 aliphatic rings. The van der Waals surface area contributed by atoms with Gasteiger partial charge in [0, 0.05) is 31.6 Å². The summed E-state index contributed by atoms with van der Waals surface area (Å²) in [6.45, 7) is 7.90. The van der Waals surface area contributed by atoms with Crippen LogP contribution in [0.3, 0.4) is 0 Å². The molecule has 0 aromatic heterocycles. The van der Waals surface area contributed by atoms with E-state index in [0.29, 0.717) is 17.2 Å². The highest BCUT2D eigenvalue weighted by Gasteiger charge is 2.27. The molecule has 2 aromatic carbocycles. The lowest BCUT2D eigenvalue weighted by Gasteiger charge is -2.30. The molecule has 0 bridgehead atoms. The van der Waals surface area contributed by atoms with E-state index in [2.05, 4.69) is 5.32 Å². The number of benzene rings is 2. The van der Waals surface area contributed by atoms with Crippen molar-refractivity contribution in [2.45, 2.75) is 59.2 Å². The summed E-state index contributed by atoms with van der Waals surface area (Å²) in [6, 6.07) is 12.0. The third-order valence-electron chi connectivity index (χ3n) is 5.83. The molecule has 0 unspecified atom stereocenters. The molecule has 0 saturated carbocycles. The number of hydrogen-bond donors (Lipinski definition) is 1. The monoisotopic (exact) mass is 517 g/mol. The molecule has 0 spiro atoms. The van der Waals surface area contributed by atoms with Crippen LogP contribution in [0.1, 0.15) is 44.7 Å². The largest absolute Gasteiger partial charge is 0.454 e. The van der Waals surface area contributed by atoms with E-state index in [1.165, 1.54) is 4.31 Å². The predicted octanol–water partition coefficient (Wildman–Crippen LogP) is 3.21. The minimum Gasteiger partial charge on any atom is -0.454 e. The first-order valence-electron chi connectivity index (χ1n) is 12.0. The Balaban J connectivity index is 1.73. The van der Waals surface area contributed by atoms with Crippen molar-refractivity contribution in [3.63, 3.8) is 0 Å². The second-order valence-corrected chi connectivity index (χ2v) is 11.2. The number of carbonyl (C=O) groups excluding carboxylic acids is 2. The Morgan fingerprint density at radius 1 is 1.06 bits per heavy atom. The number of rotatable bonds is 11. The van der Waals surface area contributed by atoms with Crippen LogP contribution in [-0.2, 0) is 26.2 Å². The van der Waals surface area contributed by atoms with Gasteiger partial charge in [-0.3, -0.25) is 13.9 Å². The summed E-state index contributed by atoms with van der Waals surface area (Å²) in [6.07, 6.45) is 1.49. The van der Waals surface area contributed by atoms with E-state index in [1.807, 2.05) is 45.0 Å². The lowest BCUT2D eigenvalue weighted by molar-refractivity contribution is -0.140. The molecule has 0 radical (unpaired) electrons. The average Bonchev–Trinajstić information content (AvgIpc) is 3.26. The van der Waals surface area contributed by atoms with Crippen molar-refractivity contribution >= 4 is 27.5 Å². The van der Waals surface area contributed by atoms with Gasteiger partial charge in [-0.1, -0.05) is 29.8 Å². The van der Waals surface area contributed by atoms with Gasteiger partial charge < -0.3 is 19.7 Å². The van der Waals surface area contributed by atoms with Crippen molar-refractivity contribution in [3.8, 4) is 11.5 Å². The molecule has 1 heterocycles. The maximum Gasteiger partial charge on any atom is 0.242 e. The number of anilines is 1. The molecular weight excluding hydrogens is 482 g/mol. The fraction of sp³-hybridized carbons (Fsp3) is 0.462. The van der Waals surface area contributed by atoms with Crippen LogP contribution in [0.15, 0.2) is 42.5 Å². The maximum atomic E-state index is 13.3. The SMILES string of the molecule is Cc1cccc(CN(C(=O)CCCN(c2ccc3c(c2)OCO3)S(C)(=O)=O)[C@H](C)C(=O)NC(C)C)c1. The second kappa shape index (κ2) is 11.6. The number of fused-ring (bicyclic) bond motifs is 1. The van der Waals surface area contributed by atoms with Gasteiger partial charge in [0.15, 0.2) is 11.5 Å². The third-order valence-corrected chi connectivity index (χ3v) is 7.02.